The first-order valence-corrected chi connectivity index (χ1v) is 7.29. The number of thiophene rings is 1. The van der Waals surface area contributed by atoms with Gasteiger partial charge >= 0.3 is 0 Å². The maximum atomic E-state index is 12.2. The Morgan fingerprint density at radius 3 is 2.68 bits per heavy atom. The quantitative estimate of drug-likeness (QED) is 0.868. The van der Waals surface area contributed by atoms with E-state index in [2.05, 4.69) is 24.1 Å². The Kier molecular flexibility index (Phi) is 4.56. The summed E-state index contributed by atoms with van der Waals surface area (Å²) >= 11 is 7.36. The first kappa shape index (κ1) is 14.0. The zero-order valence-electron chi connectivity index (χ0n) is 10.8. The second-order valence-electron chi connectivity index (χ2n) is 4.58. The molecule has 0 saturated heterocycles. The standard InChI is InChI=1S/C14H15ClN2OS/c1-9(2)13(11-4-3-7-19-11)17-14(18)10-5-6-12(15)16-8-10/h3-9,13H,1-2H3,(H,17,18)/t13-/m1/s1. The maximum Gasteiger partial charge on any atom is 0.253 e. The predicted octanol–water partition coefficient (Wildman–Crippen LogP) is 3.92. The van der Waals surface area contributed by atoms with E-state index in [1.165, 1.54) is 6.20 Å². The summed E-state index contributed by atoms with van der Waals surface area (Å²) in [6.45, 7) is 4.18. The molecule has 100 valence electrons. The topological polar surface area (TPSA) is 42.0 Å². The van der Waals surface area contributed by atoms with Crippen molar-refractivity contribution < 1.29 is 4.79 Å². The van der Waals surface area contributed by atoms with Crippen molar-refractivity contribution in [2.24, 2.45) is 5.92 Å². The Labute approximate surface area is 121 Å². The highest BCUT2D eigenvalue weighted by molar-refractivity contribution is 7.10. The average molecular weight is 295 g/mol. The molecule has 3 nitrogen and oxygen atoms in total. The number of hydrogen-bond donors (Lipinski definition) is 1. The number of pyridine rings is 1. The minimum Gasteiger partial charge on any atom is -0.344 e. The van der Waals surface area contributed by atoms with E-state index in [9.17, 15) is 4.79 Å². The predicted molar refractivity (Wildman–Crippen MR) is 78.6 cm³/mol. The summed E-state index contributed by atoms with van der Waals surface area (Å²) in [5.74, 6) is 0.194. The number of halogens is 1. The van der Waals surface area contributed by atoms with Crippen LogP contribution in [0.25, 0.3) is 0 Å². The van der Waals surface area contributed by atoms with E-state index in [0.717, 1.165) is 4.88 Å². The molecule has 19 heavy (non-hydrogen) atoms. The van der Waals surface area contributed by atoms with Crippen molar-refractivity contribution in [3.63, 3.8) is 0 Å². The lowest BCUT2D eigenvalue weighted by Crippen LogP contribution is -2.31. The van der Waals surface area contributed by atoms with Crippen molar-refractivity contribution in [3.05, 3.63) is 51.4 Å². The molecular weight excluding hydrogens is 280 g/mol. The molecule has 1 atom stereocenters. The summed E-state index contributed by atoms with van der Waals surface area (Å²) in [6, 6.07) is 7.34. The van der Waals surface area contributed by atoms with Crippen LogP contribution >= 0.6 is 22.9 Å². The lowest BCUT2D eigenvalue weighted by molar-refractivity contribution is 0.0926. The highest BCUT2D eigenvalue weighted by atomic mass is 35.5. The van der Waals surface area contributed by atoms with Crippen molar-refractivity contribution in [3.8, 4) is 0 Å². The SMILES string of the molecule is CC(C)[C@@H](NC(=O)c1ccc(Cl)nc1)c1cccs1. The van der Waals surface area contributed by atoms with Gasteiger partial charge in [-0.25, -0.2) is 4.98 Å². The van der Waals surface area contributed by atoms with Crippen molar-refractivity contribution in [2.75, 3.05) is 0 Å². The highest BCUT2D eigenvalue weighted by Crippen LogP contribution is 2.26. The van der Waals surface area contributed by atoms with Crippen LogP contribution < -0.4 is 5.32 Å². The number of carbonyl (C=O) groups is 1. The second kappa shape index (κ2) is 6.17. The lowest BCUT2D eigenvalue weighted by Gasteiger charge is -2.21. The highest BCUT2D eigenvalue weighted by Gasteiger charge is 2.20. The van der Waals surface area contributed by atoms with Crippen LogP contribution in [0.15, 0.2) is 35.8 Å². The fraction of sp³-hybridized carbons (Fsp3) is 0.286. The molecule has 2 aromatic rings. The van der Waals surface area contributed by atoms with E-state index in [0.29, 0.717) is 16.6 Å². The zero-order valence-corrected chi connectivity index (χ0v) is 12.3. The lowest BCUT2D eigenvalue weighted by atomic mass is 10.0. The molecule has 0 aliphatic carbocycles. The first-order valence-electron chi connectivity index (χ1n) is 6.03. The van der Waals surface area contributed by atoms with Crippen LogP contribution in [0, 0.1) is 5.92 Å². The maximum absolute atomic E-state index is 12.2. The van der Waals surface area contributed by atoms with Gasteiger partial charge in [-0.2, -0.15) is 0 Å². The molecule has 0 aromatic carbocycles. The summed E-state index contributed by atoms with van der Waals surface area (Å²) in [6.07, 6.45) is 1.49. The Bertz CT molecular complexity index is 537. The van der Waals surface area contributed by atoms with Gasteiger partial charge in [0, 0.05) is 11.1 Å². The number of hydrogen-bond acceptors (Lipinski definition) is 3. The fourth-order valence-corrected chi connectivity index (χ4v) is 2.83. The number of nitrogens with one attached hydrogen (secondary N) is 1. The fourth-order valence-electron chi connectivity index (χ4n) is 1.77. The number of rotatable bonds is 4. The van der Waals surface area contributed by atoms with Gasteiger partial charge in [-0.1, -0.05) is 31.5 Å². The summed E-state index contributed by atoms with van der Waals surface area (Å²) < 4.78 is 0. The second-order valence-corrected chi connectivity index (χ2v) is 5.95. The molecule has 2 rings (SSSR count). The molecule has 2 aromatic heterocycles. The van der Waals surface area contributed by atoms with Crippen LogP contribution in [-0.2, 0) is 0 Å². The van der Waals surface area contributed by atoms with Crippen LogP contribution in [0.1, 0.15) is 35.1 Å². The third-order valence-electron chi connectivity index (χ3n) is 2.79. The molecule has 0 bridgehead atoms. The van der Waals surface area contributed by atoms with E-state index in [1.54, 1.807) is 23.5 Å². The largest absolute Gasteiger partial charge is 0.344 e. The molecule has 1 amide bonds. The van der Waals surface area contributed by atoms with Gasteiger partial charge < -0.3 is 5.32 Å². The summed E-state index contributed by atoms with van der Waals surface area (Å²) in [4.78, 5) is 17.3. The molecule has 0 fully saturated rings. The van der Waals surface area contributed by atoms with Gasteiger partial charge in [0.1, 0.15) is 5.15 Å². The minimum atomic E-state index is -0.128. The van der Waals surface area contributed by atoms with Crippen molar-refractivity contribution in [1.82, 2.24) is 10.3 Å². The summed E-state index contributed by atoms with van der Waals surface area (Å²) in [7, 11) is 0. The van der Waals surface area contributed by atoms with Gasteiger partial charge in [0.15, 0.2) is 0 Å². The molecule has 5 heteroatoms. The van der Waals surface area contributed by atoms with Crippen LogP contribution in [0.4, 0.5) is 0 Å². The van der Waals surface area contributed by atoms with Crippen molar-refractivity contribution in [2.45, 2.75) is 19.9 Å². The molecule has 0 spiro atoms. The smallest absolute Gasteiger partial charge is 0.253 e. The van der Waals surface area contributed by atoms with E-state index in [-0.39, 0.29) is 11.9 Å². The summed E-state index contributed by atoms with van der Waals surface area (Å²) in [5.41, 5.74) is 0.520. The molecule has 1 N–H and O–H groups in total. The average Bonchev–Trinajstić information content (AvgIpc) is 2.89. The Morgan fingerprint density at radius 1 is 1.37 bits per heavy atom. The molecular formula is C14H15ClN2OS. The van der Waals surface area contributed by atoms with Crippen LogP contribution in [0.3, 0.4) is 0 Å². The molecule has 2 heterocycles. The number of carbonyl (C=O) groups excluding carboxylic acids is 1. The molecule has 0 aliphatic heterocycles. The van der Waals surface area contributed by atoms with Crippen molar-refractivity contribution >= 4 is 28.8 Å². The van der Waals surface area contributed by atoms with Gasteiger partial charge in [0.05, 0.1) is 11.6 Å². The molecule has 0 unspecified atom stereocenters. The van der Waals surface area contributed by atoms with Gasteiger partial charge in [-0.05, 0) is 29.5 Å². The van der Waals surface area contributed by atoms with E-state index >= 15 is 0 Å². The van der Waals surface area contributed by atoms with Crippen LogP contribution in [0.2, 0.25) is 5.15 Å². The van der Waals surface area contributed by atoms with Gasteiger partial charge in [-0.15, -0.1) is 11.3 Å². The molecule has 0 aliphatic rings. The minimum absolute atomic E-state index is 0.0168. The normalized spacial score (nSPS) is 12.4. The third kappa shape index (κ3) is 3.55. The van der Waals surface area contributed by atoms with Gasteiger partial charge in [0.25, 0.3) is 5.91 Å². The monoisotopic (exact) mass is 294 g/mol. The Hall–Kier alpha value is -1.39. The molecule has 0 saturated carbocycles. The first-order chi connectivity index (χ1) is 9.08. The van der Waals surface area contributed by atoms with E-state index in [4.69, 9.17) is 11.6 Å². The Morgan fingerprint density at radius 2 is 2.16 bits per heavy atom. The molecule has 0 radical (unpaired) electrons. The zero-order chi connectivity index (χ0) is 13.8. The van der Waals surface area contributed by atoms with Crippen LogP contribution in [0.5, 0.6) is 0 Å². The van der Waals surface area contributed by atoms with E-state index < -0.39 is 0 Å². The Balaban J connectivity index is 2.14. The van der Waals surface area contributed by atoms with Crippen molar-refractivity contribution in [1.29, 1.82) is 0 Å². The summed E-state index contributed by atoms with van der Waals surface area (Å²) in [5, 5.41) is 5.44. The van der Waals surface area contributed by atoms with Gasteiger partial charge in [0.2, 0.25) is 0 Å². The number of nitrogens with zero attached hydrogens (tertiary/aromatic N) is 1. The number of aromatic nitrogens is 1. The van der Waals surface area contributed by atoms with Crippen LogP contribution in [-0.4, -0.2) is 10.9 Å². The third-order valence-corrected chi connectivity index (χ3v) is 3.97. The number of amides is 1. The van der Waals surface area contributed by atoms with Gasteiger partial charge in [-0.3, -0.25) is 4.79 Å². The van der Waals surface area contributed by atoms with E-state index in [1.807, 2.05) is 17.5 Å².